The summed E-state index contributed by atoms with van der Waals surface area (Å²) in [7, 11) is 0. The summed E-state index contributed by atoms with van der Waals surface area (Å²) in [5.41, 5.74) is 4.92. The van der Waals surface area contributed by atoms with Gasteiger partial charge >= 0.3 is 0 Å². The molecule has 1 aromatic carbocycles. The number of rotatable bonds is 4. The van der Waals surface area contributed by atoms with Crippen LogP contribution in [0.2, 0.25) is 0 Å². The van der Waals surface area contributed by atoms with Crippen molar-refractivity contribution in [3.63, 3.8) is 0 Å². The Morgan fingerprint density at radius 2 is 1.71 bits per heavy atom. The second kappa shape index (κ2) is 5.76. The maximum absolute atomic E-state index is 3.78. The number of hydrogen-bond donors (Lipinski definition) is 1. The lowest BCUT2D eigenvalue weighted by Crippen LogP contribution is -2.35. The SMILES string of the molecule is Cc1cc(C)cc(C2CC(C)(C)CCC2CNC2CC2)c1. The van der Waals surface area contributed by atoms with Crippen molar-refractivity contribution in [2.75, 3.05) is 6.54 Å². The highest BCUT2D eigenvalue weighted by molar-refractivity contribution is 5.32. The van der Waals surface area contributed by atoms with Gasteiger partial charge in [-0.15, -0.1) is 0 Å². The zero-order valence-corrected chi connectivity index (χ0v) is 14.2. The molecule has 1 aromatic rings. The van der Waals surface area contributed by atoms with Crippen molar-refractivity contribution in [1.29, 1.82) is 0 Å². The molecule has 2 aliphatic rings. The Hall–Kier alpha value is -0.820. The molecule has 21 heavy (non-hydrogen) atoms. The smallest absolute Gasteiger partial charge is 0.00683 e. The van der Waals surface area contributed by atoms with Crippen molar-refractivity contribution in [3.8, 4) is 0 Å². The van der Waals surface area contributed by atoms with Gasteiger partial charge < -0.3 is 5.32 Å². The van der Waals surface area contributed by atoms with Crippen LogP contribution in [0.3, 0.4) is 0 Å². The first-order valence-corrected chi connectivity index (χ1v) is 8.74. The minimum Gasteiger partial charge on any atom is -0.314 e. The summed E-state index contributed by atoms with van der Waals surface area (Å²) >= 11 is 0. The molecule has 2 fully saturated rings. The van der Waals surface area contributed by atoms with Crippen LogP contribution in [0.5, 0.6) is 0 Å². The summed E-state index contributed by atoms with van der Waals surface area (Å²) < 4.78 is 0. The molecule has 1 heteroatoms. The van der Waals surface area contributed by atoms with E-state index in [0.29, 0.717) is 5.41 Å². The third kappa shape index (κ3) is 3.88. The van der Waals surface area contributed by atoms with Crippen molar-refractivity contribution < 1.29 is 0 Å². The fourth-order valence-electron chi connectivity index (χ4n) is 4.11. The van der Waals surface area contributed by atoms with Crippen molar-refractivity contribution in [1.82, 2.24) is 5.32 Å². The Bertz CT molecular complexity index is 476. The molecule has 0 spiro atoms. The molecular formula is C20H31N. The number of aryl methyl sites for hydroxylation is 2. The molecule has 0 aromatic heterocycles. The highest BCUT2D eigenvalue weighted by Gasteiger charge is 2.36. The quantitative estimate of drug-likeness (QED) is 0.824. The van der Waals surface area contributed by atoms with Crippen molar-refractivity contribution in [2.24, 2.45) is 11.3 Å². The second-order valence-corrected chi connectivity index (χ2v) is 8.38. The van der Waals surface area contributed by atoms with Gasteiger partial charge in [-0.3, -0.25) is 0 Å². The lowest BCUT2D eigenvalue weighted by atomic mass is 9.65. The van der Waals surface area contributed by atoms with Crippen LogP contribution >= 0.6 is 0 Å². The van der Waals surface area contributed by atoms with Crippen LogP contribution in [0.1, 0.15) is 68.6 Å². The van der Waals surface area contributed by atoms with E-state index in [1.54, 1.807) is 5.56 Å². The van der Waals surface area contributed by atoms with Crippen molar-refractivity contribution in [2.45, 2.75) is 71.8 Å². The Kier molecular flexibility index (Phi) is 4.14. The van der Waals surface area contributed by atoms with Crippen LogP contribution in [-0.4, -0.2) is 12.6 Å². The zero-order valence-electron chi connectivity index (χ0n) is 14.2. The molecule has 2 saturated carbocycles. The molecule has 116 valence electrons. The first-order valence-electron chi connectivity index (χ1n) is 8.74. The van der Waals surface area contributed by atoms with Crippen molar-refractivity contribution in [3.05, 3.63) is 34.9 Å². The van der Waals surface area contributed by atoms with Gasteiger partial charge in [0.25, 0.3) is 0 Å². The third-order valence-corrected chi connectivity index (χ3v) is 5.45. The topological polar surface area (TPSA) is 12.0 Å². The summed E-state index contributed by atoms with van der Waals surface area (Å²) in [5.74, 6) is 1.55. The molecule has 0 bridgehead atoms. The predicted octanol–water partition coefficient (Wildman–Crippen LogP) is 4.97. The Balaban J connectivity index is 1.80. The highest BCUT2D eigenvalue weighted by atomic mass is 14.9. The molecule has 2 unspecified atom stereocenters. The average molecular weight is 285 g/mol. The molecule has 0 heterocycles. The van der Waals surface area contributed by atoms with Gasteiger partial charge in [-0.2, -0.15) is 0 Å². The number of nitrogens with one attached hydrogen (secondary N) is 1. The maximum atomic E-state index is 3.78. The minimum atomic E-state index is 0.498. The lowest BCUT2D eigenvalue weighted by molar-refractivity contribution is 0.159. The fourth-order valence-corrected chi connectivity index (χ4v) is 4.11. The van der Waals surface area contributed by atoms with Gasteiger partial charge in [0.2, 0.25) is 0 Å². The van der Waals surface area contributed by atoms with E-state index in [4.69, 9.17) is 0 Å². The molecule has 0 saturated heterocycles. The van der Waals surface area contributed by atoms with E-state index < -0.39 is 0 Å². The Morgan fingerprint density at radius 1 is 1.05 bits per heavy atom. The van der Waals surface area contributed by atoms with Gasteiger partial charge in [-0.1, -0.05) is 43.2 Å². The van der Waals surface area contributed by atoms with Gasteiger partial charge in [0, 0.05) is 6.04 Å². The molecule has 0 aliphatic heterocycles. The maximum Gasteiger partial charge on any atom is 0.00683 e. The normalized spacial score (nSPS) is 28.6. The van der Waals surface area contributed by atoms with Crippen LogP contribution in [0.4, 0.5) is 0 Å². The van der Waals surface area contributed by atoms with E-state index >= 15 is 0 Å². The van der Waals surface area contributed by atoms with Gasteiger partial charge in [-0.05, 0) is 75.3 Å². The molecule has 0 amide bonds. The zero-order chi connectivity index (χ0) is 15.0. The highest BCUT2D eigenvalue weighted by Crippen LogP contribution is 2.47. The van der Waals surface area contributed by atoms with Crippen LogP contribution in [-0.2, 0) is 0 Å². The molecule has 0 radical (unpaired) electrons. The first-order chi connectivity index (χ1) is 9.93. The average Bonchev–Trinajstić information content (AvgIpc) is 3.19. The van der Waals surface area contributed by atoms with E-state index in [1.807, 2.05) is 0 Å². The Morgan fingerprint density at radius 3 is 2.33 bits per heavy atom. The van der Waals surface area contributed by atoms with E-state index in [-0.39, 0.29) is 0 Å². The third-order valence-electron chi connectivity index (χ3n) is 5.45. The van der Waals surface area contributed by atoms with E-state index in [0.717, 1.165) is 17.9 Å². The van der Waals surface area contributed by atoms with Crippen LogP contribution < -0.4 is 5.32 Å². The van der Waals surface area contributed by atoms with E-state index in [9.17, 15) is 0 Å². The fraction of sp³-hybridized carbons (Fsp3) is 0.700. The summed E-state index contributed by atoms with van der Waals surface area (Å²) in [5, 5.41) is 3.78. The molecule has 3 rings (SSSR count). The number of benzene rings is 1. The lowest BCUT2D eigenvalue weighted by Gasteiger charge is -2.41. The van der Waals surface area contributed by atoms with Gasteiger partial charge in [-0.25, -0.2) is 0 Å². The minimum absolute atomic E-state index is 0.498. The number of hydrogen-bond acceptors (Lipinski definition) is 1. The van der Waals surface area contributed by atoms with Crippen LogP contribution in [0.25, 0.3) is 0 Å². The standard InChI is InChI=1S/C20H31N/c1-14-9-15(2)11-17(10-14)19-12-20(3,4)8-7-16(19)13-21-18-5-6-18/h9-11,16,18-19,21H,5-8,12-13H2,1-4H3. The molecule has 2 aliphatic carbocycles. The summed E-state index contributed by atoms with van der Waals surface area (Å²) in [6.45, 7) is 10.6. The summed E-state index contributed by atoms with van der Waals surface area (Å²) in [6, 6.07) is 8.00. The molecular weight excluding hydrogens is 254 g/mol. The van der Waals surface area contributed by atoms with Gasteiger partial charge in [0.1, 0.15) is 0 Å². The van der Waals surface area contributed by atoms with Crippen LogP contribution in [0, 0.1) is 25.2 Å². The monoisotopic (exact) mass is 285 g/mol. The molecule has 2 atom stereocenters. The first kappa shape index (κ1) is 15.1. The largest absolute Gasteiger partial charge is 0.314 e. The van der Waals surface area contributed by atoms with E-state index in [2.05, 4.69) is 51.2 Å². The molecule has 1 N–H and O–H groups in total. The van der Waals surface area contributed by atoms with Crippen molar-refractivity contribution >= 4 is 0 Å². The van der Waals surface area contributed by atoms with Gasteiger partial charge in [0.05, 0.1) is 0 Å². The molecule has 1 nitrogen and oxygen atoms in total. The summed E-state index contributed by atoms with van der Waals surface area (Å²) in [4.78, 5) is 0. The van der Waals surface area contributed by atoms with E-state index in [1.165, 1.54) is 49.8 Å². The second-order valence-electron chi connectivity index (χ2n) is 8.38. The van der Waals surface area contributed by atoms with Gasteiger partial charge in [0.15, 0.2) is 0 Å². The Labute approximate surface area is 130 Å². The van der Waals surface area contributed by atoms with Crippen LogP contribution in [0.15, 0.2) is 18.2 Å². The predicted molar refractivity (Wildman–Crippen MR) is 90.8 cm³/mol. The summed E-state index contributed by atoms with van der Waals surface area (Å²) in [6.07, 6.45) is 6.89.